The zero-order valence-electron chi connectivity index (χ0n) is 16.4. The third kappa shape index (κ3) is 7.40. The Bertz CT molecular complexity index is 816. The number of nitrogens with one attached hydrogen (secondary N) is 1. The van der Waals surface area contributed by atoms with Gasteiger partial charge in [-0.1, -0.05) is 36.4 Å². The zero-order valence-corrected chi connectivity index (χ0v) is 16.4. The number of alkyl halides is 2. The van der Waals surface area contributed by atoms with Crippen LogP contribution in [0.1, 0.15) is 18.1 Å². The van der Waals surface area contributed by atoms with E-state index in [1.165, 1.54) is 11.0 Å². The highest BCUT2D eigenvalue weighted by molar-refractivity contribution is 5.85. The summed E-state index contributed by atoms with van der Waals surface area (Å²) in [6.07, 6.45) is 0.196. The molecule has 0 heterocycles. The predicted molar refractivity (Wildman–Crippen MR) is 104 cm³/mol. The van der Waals surface area contributed by atoms with Crippen LogP contribution < -0.4 is 14.8 Å². The van der Waals surface area contributed by atoms with Crippen LogP contribution in [0.5, 0.6) is 11.5 Å². The average molecular weight is 406 g/mol. The second kappa shape index (κ2) is 11.0. The minimum absolute atomic E-state index is 0.0623. The summed E-state index contributed by atoms with van der Waals surface area (Å²) in [6.45, 7) is -0.850. The molecule has 0 saturated heterocycles. The van der Waals surface area contributed by atoms with Crippen molar-refractivity contribution in [2.24, 2.45) is 0 Å². The summed E-state index contributed by atoms with van der Waals surface area (Å²) in [5, 5.41) is 2.60. The number of carbonyl (C=O) groups is 2. The van der Waals surface area contributed by atoms with E-state index in [-0.39, 0.29) is 49.4 Å². The first-order chi connectivity index (χ1) is 13.9. The molecule has 0 aliphatic rings. The quantitative estimate of drug-likeness (QED) is 0.659. The van der Waals surface area contributed by atoms with E-state index in [1.807, 2.05) is 30.3 Å². The largest absolute Gasteiger partial charge is 0.490 e. The summed E-state index contributed by atoms with van der Waals surface area (Å²) in [4.78, 5) is 25.7. The molecule has 0 atom stereocenters. The standard InChI is InChI=1S/C21H24F2N2O4/c1-3-28-18-11-16(9-10-17(18)29-21(22)23)14-25(2)20(27)13-24-19(26)12-15-7-5-4-6-8-15/h4-11,21H,3,12-14H2,1-2H3,(H,24,26). The van der Waals surface area contributed by atoms with Gasteiger partial charge in [0.2, 0.25) is 11.8 Å². The molecule has 2 rings (SSSR count). The fourth-order valence-electron chi connectivity index (χ4n) is 2.63. The minimum atomic E-state index is -2.95. The van der Waals surface area contributed by atoms with Crippen LogP contribution in [0.3, 0.4) is 0 Å². The fraction of sp³-hybridized carbons (Fsp3) is 0.333. The molecule has 2 aromatic rings. The van der Waals surface area contributed by atoms with E-state index in [4.69, 9.17) is 4.74 Å². The predicted octanol–water partition coefficient (Wildman–Crippen LogP) is 3.00. The SMILES string of the molecule is CCOc1cc(CN(C)C(=O)CNC(=O)Cc2ccccc2)ccc1OC(F)F. The lowest BCUT2D eigenvalue weighted by atomic mass is 10.1. The van der Waals surface area contributed by atoms with Crippen LogP contribution >= 0.6 is 0 Å². The number of nitrogens with zero attached hydrogens (tertiary/aromatic N) is 1. The summed E-state index contributed by atoms with van der Waals surface area (Å²) in [7, 11) is 1.59. The Morgan fingerprint density at radius 2 is 1.79 bits per heavy atom. The number of hydrogen-bond acceptors (Lipinski definition) is 4. The molecule has 0 saturated carbocycles. The maximum atomic E-state index is 12.5. The molecule has 0 aliphatic carbocycles. The third-order valence-electron chi connectivity index (χ3n) is 4.01. The molecule has 156 valence electrons. The number of ether oxygens (including phenoxy) is 2. The van der Waals surface area contributed by atoms with Gasteiger partial charge in [0, 0.05) is 13.6 Å². The topological polar surface area (TPSA) is 67.9 Å². The molecular formula is C21H24F2N2O4. The molecule has 0 bridgehead atoms. The Labute approximate surface area is 168 Å². The van der Waals surface area contributed by atoms with Crippen molar-refractivity contribution < 1.29 is 27.8 Å². The van der Waals surface area contributed by atoms with Gasteiger partial charge in [0.1, 0.15) is 0 Å². The first kappa shape index (κ1) is 22.1. The molecule has 0 aromatic heterocycles. The third-order valence-corrected chi connectivity index (χ3v) is 4.01. The molecule has 0 unspecified atom stereocenters. The van der Waals surface area contributed by atoms with Crippen LogP contribution in [-0.4, -0.2) is 43.5 Å². The van der Waals surface area contributed by atoms with Crippen molar-refractivity contribution in [2.45, 2.75) is 26.5 Å². The lowest BCUT2D eigenvalue weighted by Gasteiger charge is -2.19. The normalized spacial score (nSPS) is 10.5. The van der Waals surface area contributed by atoms with Crippen LogP contribution in [0, 0.1) is 0 Å². The molecule has 8 heteroatoms. The summed E-state index contributed by atoms with van der Waals surface area (Å²) >= 11 is 0. The van der Waals surface area contributed by atoms with E-state index in [0.29, 0.717) is 5.56 Å². The molecule has 1 N–H and O–H groups in total. The summed E-state index contributed by atoms with van der Waals surface area (Å²) in [5.41, 5.74) is 1.54. The number of likely N-dealkylation sites (N-methyl/N-ethyl adjacent to an activating group) is 1. The van der Waals surface area contributed by atoms with Gasteiger partial charge in [0.25, 0.3) is 0 Å². The molecular weight excluding hydrogens is 382 g/mol. The number of halogens is 2. The maximum absolute atomic E-state index is 12.5. The number of benzene rings is 2. The highest BCUT2D eigenvalue weighted by atomic mass is 19.3. The summed E-state index contributed by atoms with van der Waals surface area (Å²) in [6, 6.07) is 13.7. The Morgan fingerprint density at radius 1 is 1.07 bits per heavy atom. The lowest BCUT2D eigenvalue weighted by molar-refractivity contribution is -0.132. The Morgan fingerprint density at radius 3 is 2.45 bits per heavy atom. The van der Waals surface area contributed by atoms with Crippen molar-refractivity contribution in [3.8, 4) is 11.5 Å². The zero-order chi connectivity index (χ0) is 21.2. The molecule has 2 amide bonds. The first-order valence-corrected chi connectivity index (χ1v) is 9.14. The van der Waals surface area contributed by atoms with Gasteiger partial charge in [-0.3, -0.25) is 9.59 Å². The van der Waals surface area contributed by atoms with E-state index >= 15 is 0 Å². The van der Waals surface area contributed by atoms with Gasteiger partial charge in [0.15, 0.2) is 11.5 Å². The van der Waals surface area contributed by atoms with Crippen molar-refractivity contribution in [3.05, 3.63) is 59.7 Å². The lowest BCUT2D eigenvalue weighted by Crippen LogP contribution is -2.38. The van der Waals surface area contributed by atoms with E-state index < -0.39 is 6.61 Å². The van der Waals surface area contributed by atoms with Crippen LogP contribution in [-0.2, 0) is 22.6 Å². The highest BCUT2D eigenvalue weighted by Gasteiger charge is 2.15. The van der Waals surface area contributed by atoms with Gasteiger partial charge in [-0.05, 0) is 30.2 Å². The first-order valence-electron chi connectivity index (χ1n) is 9.14. The average Bonchev–Trinajstić information content (AvgIpc) is 2.68. The Balaban J connectivity index is 1.89. The number of rotatable bonds is 10. The van der Waals surface area contributed by atoms with Crippen molar-refractivity contribution in [1.29, 1.82) is 0 Å². The molecule has 6 nitrogen and oxygen atoms in total. The van der Waals surface area contributed by atoms with E-state index in [9.17, 15) is 18.4 Å². The Hall–Kier alpha value is -3.16. The van der Waals surface area contributed by atoms with Crippen molar-refractivity contribution in [2.75, 3.05) is 20.2 Å². The highest BCUT2D eigenvalue weighted by Crippen LogP contribution is 2.30. The summed E-state index contributed by atoms with van der Waals surface area (Å²) in [5.74, 6) is -0.405. The van der Waals surface area contributed by atoms with Gasteiger partial charge in [0.05, 0.1) is 19.6 Å². The van der Waals surface area contributed by atoms with Crippen molar-refractivity contribution in [3.63, 3.8) is 0 Å². The van der Waals surface area contributed by atoms with E-state index in [2.05, 4.69) is 10.1 Å². The van der Waals surface area contributed by atoms with Gasteiger partial charge in [-0.2, -0.15) is 8.78 Å². The molecule has 0 radical (unpaired) electrons. The van der Waals surface area contributed by atoms with Crippen LogP contribution in [0.25, 0.3) is 0 Å². The molecule has 0 fully saturated rings. The fourth-order valence-corrected chi connectivity index (χ4v) is 2.63. The monoisotopic (exact) mass is 406 g/mol. The van der Waals surface area contributed by atoms with Crippen LogP contribution in [0.15, 0.2) is 48.5 Å². The van der Waals surface area contributed by atoms with Crippen molar-refractivity contribution in [1.82, 2.24) is 10.2 Å². The van der Waals surface area contributed by atoms with Crippen molar-refractivity contribution >= 4 is 11.8 Å². The van der Waals surface area contributed by atoms with Crippen LogP contribution in [0.4, 0.5) is 8.78 Å². The molecule has 0 spiro atoms. The van der Waals surface area contributed by atoms with E-state index in [1.54, 1.807) is 26.1 Å². The summed E-state index contributed by atoms with van der Waals surface area (Å²) < 4.78 is 34.7. The number of hydrogen-bond donors (Lipinski definition) is 1. The number of carbonyl (C=O) groups excluding carboxylic acids is 2. The molecule has 29 heavy (non-hydrogen) atoms. The van der Waals surface area contributed by atoms with Gasteiger partial charge >= 0.3 is 6.61 Å². The molecule has 2 aromatic carbocycles. The van der Waals surface area contributed by atoms with Gasteiger partial charge in [-0.25, -0.2) is 0 Å². The smallest absolute Gasteiger partial charge is 0.387 e. The van der Waals surface area contributed by atoms with E-state index in [0.717, 1.165) is 5.56 Å². The maximum Gasteiger partial charge on any atom is 0.387 e. The second-order valence-corrected chi connectivity index (χ2v) is 6.28. The van der Waals surface area contributed by atoms with Crippen LogP contribution in [0.2, 0.25) is 0 Å². The Kier molecular flexibility index (Phi) is 8.39. The van der Waals surface area contributed by atoms with Gasteiger partial charge < -0.3 is 19.7 Å². The second-order valence-electron chi connectivity index (χ2n) is 6.28. The minimum Gasteiger partial charge on any atom is -0.490 e. The number of amides is 2. The molecule has 0 aliphatic heterocycles. The van der Waals surface area contributed by atoms with Gasteiger partial charge in [-0.15, -0.1) is 0 Å².